The van der Waals surface area contributed by atoms with E-state index in [0.29, 0.717) is 6.54 Å². The summed E-state index contributed by atoms with van der Waals surface area (Å²) in [6.07, 6.45) is 4.63. The van der Waals surface area contributed by atoms with Gasteiger partial charge in [-0.3, -0.25) is 14.4 Å². The molecular formula is C23H39N3O4S. The van der Waals surface area contributed by atoms with Crippen molar-refractivity contribution in [1.29, 1.82) is 0 Å². The molecule has 0 aromatic carbocycles. The smallest absolute Gasteiger partial charge is 0.244 e. The topological polar surface area (TPSA) is 98.7 Å². The summed E-state index contributed by atoms with van der Waals surface area (Å²) < 4.78 is -0.616. The van der Waals surface area contributed by atoms with Crippen LogP contribution in [0.2, 0.25) is 0 Å². The molecule has 3 heterocycles. The molecule has 3 aliphatic heterocycles. The average Bonchev–Trinajstić information content (AvgIpc) is 3.35. The maximum Gasteiger partial charge on any atom is 0.244 e. The van der Waals surface area contributed by atoms with Gasteiger partial charge in [0.25, 0.3) is 0 Å². The number of nitrogens with one attached hydrogen (secondary N) is 2. The molecule has 8 atom stereocenters. The molecule has 3 N–H and O–H groups in total. The highest BCUT2D eigenvalue weighted by molar-refractivity contribution is 8.02. The molecule has 31 heavy (non-hydrogen) atoms. The largest absolute Gasteiger partial charge is 0.394 e. The molecule has 0 saturated carbocycles. The molecule has 3 aliphatic rings. The lowest BCUT2D eigenvalue weighted by Gasteiger charge is -2.41. The highest BCUT2D eigenvalue weighted by Gasteiger charge is 2.76. The number of hydrogen-bond donors (Lipinski definition) is 3. The molecule has 176 valence electrons. The number of rotatable bonds is 10. The molecule has 3 rings (SSSR count). The Balaban J connectivity index is 2.03. The van der Waals surface area contributed by atoms with Crippen LogP contribution in [-0.4, -0.2) is 70.0 Å². The zero-order valence-corrected chi connectivity index (χ0v) is 20.3. The Morgan fingerprint density at radius 3 is 2.58 bits per heavy atom. The van der Waals surface area contributed by atoms with Crippen molar-refractivity contribution in [3.63, 3.8) is 0 Å². The molecule has 1 spiro atoms. The van der Waals surface area contributed by atoms with Crippen molar-refractivity contribution in [3.05, 3.63) is 0 Å². The SMILES string of the molecule is CCCCCNC(=O)C1N([C@@H](CO)[C@@H](C)CC)C(=O)[C@@H]2[C@H](C(=O)NC)[C@@H]3CC(C)C12S3. The summed E-state index contributed by atoms with van der Waals surface area (Å²) in [7, 11) is 1.61. The number of nitrogens with zero attached hydrogens (tertiary/aromatic N) is 1. The third-order valence-corrected chi connectivity index (χ3v) is 9.98. The third-order valence-electron chi connectivity index (χ3n) is 7.91. The summed E-state index contributed by atoms with van der Waals surface area (Å²) in [6.45, 7) is 8.68. The Hall–Kier alpha value is -1.28. The van der Waals surface area contributed by atoms with Crippen molar-refractivity contribution in [2.24, 2.45) is 23.7 Å². The van der Waals surface area contributed by atoms with Gasteiger partial charge in [-0.15, -0.1) is 11.8 Å². The standard InChI is InChI=1S/C23H39N3O4S/c1-6-8-9-10-25-21(29)19-23-14(4)11-16(31-23)17(20(28)24-5)18(23)22(30)26(19)15(12-27)13(3)7-2/h13-19,27H,6-12H2,1-5H3,(H,24,28)(H,25,29)/t13-,14?,15-,16-,17+,18-,19?,23?/m0/s1. The summed E-state index contributed by atoms with van der Waals surface area (Å²) in [6, 6.07) is -1.08. The molecule has 0 aromatic rings. The first-order chi connectivity index (χ1) is 14.8. The number of thioether (sulfide) groups is 1. The van der Waals surface area contributed by atoms with Crippen molar-refractivity contribution in [2.45, 2.75) is 81.9 Å². The zero-order chi connectivity index (χ0) is 22.9. The number of carbonyl (C=O) groups excluding carboxylic acids is 3. The molecular weight excluding hydrogens is 414 g/mol. The molecule has 0 radical (unpaired) electrons. The molecule has 0 aliphatic carbocycles. The minimum atomic E-state index is -0.655. The van der Waals surface area contributed by atoms with Crippen LogP contribution in [0.1, 0.15) is 59.8 Å². The number of aliphatic hydroxyl groups is 1. The number of unbranched alkanes of at least 4 members (excludes halogenated alkanes) is 2. The predicted octanol–water partition coefficient (Wildman–Crippen LogP) is 1.78. The highest BCUT2D eigenvalue weighted by Crippen LogP contribution is 2.68. The van der Waals surface area contributed by atoms with Crippen LogP contribution >= 0.6 is 11.8 Å². The summed E-state index contributed by atoms with van der Waals surface area (Å²) in [5.41, 5.74) is 0. The Labute approximate surface area is 190 Å². The zero-order valence-electron chi connectivity index (χ0n) is 19.5. The van der Waals surface area contributed by atoms with E-state index in [1.54, 1.807) is 23.7 Å². The minimum Gasteiger partial charge on any atom is -0.394 e. The molecule has 7 nitrogen and oxygen atoms in total. The van der Waals surface area contributed by atoms with E-state index in [2.05, 4.69) is 24.5 Å². The average molecular weight is 454 g/mol. The van der Waals surface area contributed by atoms with E-state index in [-0.39, 0.29) is 41.4 Å². The van der Waals surface area contributed by atoms with E-state index in [0.717, 1.165) is 32.1 Å². The van der Waals surface area contributed by atoms with Gasteiger partial charge in [0.15, 0.2) is 0 Å². The summed E-state index contributed by atoms with van der Waals surface area (Å²) in [4.78, 5) is 42.0. The van der Waals surface area contributed by atoms with Gasteiger partial charge in [-0.05, 0) is 24.7 Å². The third kappa shape index (κ3) is 3.77. The second-order valence-electron chi connectivity index (χ2n) is 9.55. The van der Waals surface area contributed by atoms with E-state index in [9.17, 15) is 19.5 Å². The van der Waals surface area contributed by atoms with E-state index in [1.165, 1.54) is 0 Å². The lowest BCUT2D eigenvalue weighted by Crippen LogP contribution is -2.59. The number of hydrogen-bond acceptors (Lipinski definition) is 5. The molecule has 3 saturated heterocycles. The molecule has 3 unspecified atom stereocenters. The number of likely N-dealkylation sites (tertiary alicyclic amines) is 1. The van der Waals surface area contributed by atoms with Crippen LogP contribution in [0.25, 0.3) is 0 Å². The number of aliphatic hydroxyl groups excluding tert-OH is 1. The van der Waals surface area contributed by atoms with Crippen molar-refractivity contribution in [1.82, 2.24) is 15.5 Å². The molecule has 2 bridgehead atoms. The molecule has 8 heteroatoms. The van der Waals surface area contributed by atoms with Crippen molar-refractivity contribution >= 4 is 29.5 Å². The molecule has 0 aromatic heterocycles. The van der Waals surface area contributed by atoms with Crippen LogP contribution in [-0.2, 0) is 14.4 Å². The van der Waals surface area contributed by atoms with Gasteiger partial charge < -0.3 is 20.6 Å². The highest BCUT2D eigenvalue weighted by atomic mass is 32.2. The first kappa shape index (κ1) is 24.4. The van der Waals surface area contributed by atoms with Gasteiger partial charge in [-0.1, -0.05) is 47.0 Å². The van der Waals surface area contributed by atoms with E-state index < -0.39 is 28.7 Å². The summed E-state index contributed by atoms with van der Waals surface area (Å²) in [5, 5.41) is 16.1. The van der Waals surface area contributed by atoms with Crippen LogP contribution in [0.4, 0.5) is 0 Å². The lowest BCUT2D eigenvalue weighted by atomic mass is 9.66. The van der Waals surface area contributed by atoms with Crippen molar-refractivity contribution in [2.75, 3.05) is 20.2 Å². The van der Waals surface area contributed by atoms with Gasteiger partial charge in [-0.2, -0.15) is 0 Å². The number of amides is 3. The Morgan fingerprint density at radius 1 is 1.29 bits per heavy atom. The first-order valence-corrected chi connectivity index (χ1v) is 12.8. The van der Waals surface area contributed by atoms with Crippen LogP contribution in [0, 0.1) is 23.7 Å². The minimum absolute atomic E-state index is 0.0514. The van der Waals surface area contributed by atoms with Gasteiger partial charge in [0.1, 0.15) is 6.04 Å². The van der Waals surface area contributed by atoms with E-state index in [4.69, 9.17) is 0 Å². The van der Waals surface area contributed by atoms with E-state index >= 15 is 0 Å². The maximum atomic E-state index is 13.9. The van der Waals surface area contributed by atoms with Gasteiger partial charge >= 0.3 is 0 Å². The second kappa shape index (κ2) is 9.69. The van der Waals surface area contributed by atoms with Crippen molar-refractivity contribution in [3.8, 4) is 0 Å². The summed E-state index contributed by atoms with van der Waals surface area (Å²) >= 11 is 1.68. The monoisotopic (exact) mass is 453 g/mol. The quantitative estimate of drug-likeness (QED) is 0.438. The number of fused-ring (bicyclic) bond motifs is 1. The van der Waals surface area contributed by atoms with E-state index in [1.807, 2.05) is 13.8 Å². The first-order valence-electron chi connectivity index (χ1n) is 11.9. The fraction of sp³-hybridized carbons (Fsp3) is 0.870. The lowest BCUT2D eigenvalue weighted by molar-refractivity contribution is -0.143. The predicted molar refractivity (Wildman–Crippen MR) is 122 cm³/mol. The molecule has 3 amide bonds. The fourth-order valence-corrected chi connectivity index (χ4v) is 8.49. The summed E-state index contributed by atoms with van der Waals surface area (Å²) in [5.74, 6) is -1.13. The Kier molecular flexibility index (Phi) is 7.62. The van der Waals surface area contributed by atoms with Gasteiger partial charge in [0, 0.05) is 18.8 Å². The normalized spacial score (nSPS) is 35.7. The van der Waals surface area contributed by atoms with Crippen LogP contribution < -0.4 is 10.6 Å². The van der Waals surface area contributed by atoms with Crippen LogP contribution in [0.3, 0.4) is 0 Å². The maximum absolute atomic E-state index is 13.9. The fourth-order valence-electron chi connectivity index (χ4n) is 6.08. The van der Waals surface area contributed by atoms with Crippen molar-refractivity contribution < 1.29 is 19.5 Å². The van der Waals surface area contributed by atoms with Crippen LogP contribution in [0.5, 0.6) is 0 Å². The van der Waals surface area contributed by atoms with Gasteiger partial charge in [-0.25, -0.2) is 0 Å². The number of carbonyl (C=O) groups is 3. The van der Waals surface area contributed by atoms with Gasteiger partial charge in [0.2, 0.25) is 17.7 Å². The molecule has 3 fully saturated rings. The Morgan fingerprint density at radius 2 is 2.00 bits per heavy atom. The Bertz CT molecular complexity index is 704. The van der Waals surface area contributed by atoms with Gasteiger partial charge in [0.05, 0.1) is 29.2 Å². The van der Waals surface area contributed by atoms with Crippen LogP contribution in [0.15, 0.2) is 0 Å². The second-order valence-corrected chi connectivity index (χ2v) is 11.1.